The number of aromatic nitrogens is 2. The van der Waals surface area contributed by atoms with E-state index in [0.29, 0.717) is 35.6 Å². The summed E-state index contributed by atoms with van der Waals surface area (Å²) in [5.41, 5.74) is 0.0123. The molecule has 2 fully saturated rings. The lowest BCUT2D eigenvalue weighted by molar-refractivity contribution is -0.170. The summed E-state index contributed by atoms with van der Waals surface area (Å²) in [6, 6.07) is 10.7. The number of carbonyl (C=O) groups is 2. The SMILES string of the molecule is CC(C)N1CC(=O)N(Cc2ccc(Cl)cc2)C2(CN(c3ccc(Cl)nn3)C2)C1=O. The van der Waals surface area contributed by atoms with Crippen LogP contribution in [-0.4, -0.2) is 63.0 Å². The Hall–Kier alpha value is -2.38. The van der Waals surface area contributed by atoms with E-state index < -0.39 is 5.54 Å². The quantitative estimate of drug-likeness (QED) is 0.740. The van der Waals surface area contributed by atoms with E-state index >= 15 is 0 Å². The fourth-order valence-corrected chi connectivity index (χ4v) is 4.11. The summed E-state index contributed by atoms with van der Waals surface area (Å²) in [5.74, 6) is 0.544. The molecule has 4 rings (SSSR count). The maximum absolute atomic E-state index is 13.4. The highest BCUT2D eigenvalue weighted by molar-refractivity contribution is 6.30. The third-order valence-electron chi connectivity index (χ3n) is 5.51. The Morgan fingerprint density at radius 1 is 1.03 bits per heavy atom. The first kappa shape index (κ1) is 19.9. The van der Waals surface area contributed by atoms with Crippen molar-refractivity contribution in [2.45, 2.75) is 32.0 Å². The average molecular weight is 434 g/mol. The van der Waals surface area contributed by atoms with Gasteiger partial charge in [0.2, 0.25) is 5.91 Å². The number of anilines is 1. The number of hydrogen-bond donors (Lipinski definition) is 0. The van der Waals surface area contributed by atoms with E-state index in [2.05, 4.69) is 10.2 Å². The Balaban J connectivity index is 1.63. The van der Waals surface area contributed by atoms with Crippen molar-refractivity contribution in [1.82, 2.24) is 20.0 Å². The van der Waals surface area contributed by atoms with E-state index in [1.165, 1.54) is 0 Å². The second-order valence-corrected chi connectivity index (χ2v) is 8.56. The van der Waals surface area contributed by atoms with Crippen molar-refractivity contribution in [3.8, 4) is 0 Å². The maximum atomic E-state index is 13.4. The molecule has 0 saturated carbocycles. The summed E-state index contributed by atoms with van der Waals surface area (Å²) in [7, 11) is 0. The molecule has 0 bridgehead atoms. The molecule has 2 saturated heterocycles. The minimum absolute atomic E-state index is 0.0285. The molecule has 0 radical (unpaired) electrons. The first-order valence-electron chi connectivity index (χ1n) is 9.40. The summed E-state index contributed by atoms with van der Waals surface area (Å²) in [6.45, 7) is 5.03. The molecule has 3 heterocycles. The number of piperazine rings is 1. The molecule has 1 aromatic carbocycles. The normalized spacial score (nSPS) is 18.6. The third kappa shape index (κ3) is 3.53. The van der Waals surface area contributed by atoms with Crippen LogP contribution in [0.2, 0.25) is 10.2 Å². The Morgan fingerprint density at radius 2 is 1.72 bits per heavy atom. The Morgan fingerprint density at radius 3 is 2.31 bits per heavy atom. The van der Waals surface area contributed by atoms with E-state index in [4.69, 9.17) is 23.2 Å². The van der Waals surface area contributed by atoms with Gasteiger partial charge in [-0.05, 0) is 43.7 Å². The van der Waals surface area contributed by atoms with E-state index in [9.17, 15) is 9.59 Å². The number of carbonyl (C=O) groups excluding carboxylic acids is 2. The summed E-state index contributed by atoms with van der Waals surface area (Å²) in [5, 5.41) is 8.91. The molecule has 1 aromatic heterocycles. The molecule has 9 heteroatoms. The van der Waals surface area contributed by atoms with Crippen LogP contribution in [0.15, 0.2) is 36.4 Å². The van der Waals surface area contributed by atoms with Gasteiger partial charge in [-0.15, -0.1) is 10.2 Å². The van der Waals surface area contributed by atoms with Crippen LogP contribution in [0, 0.1) is 0 Å². The monoisotopic (exact) mass is 433 g/mol. The molecule has 2 aliphatic heterocycles. The average Bonchev–Trinajstić information content (AvgIpc) is 2.65. The first-order chi connectivity index (χ1) is 13.8. The minimum atomic E-state index is -0.916. The van der Waals surface area contributed by atoms with Crippen molar-refractivity contribution in [1.29, 1.82) is 0 Å². The third-order valence-corrected chi connectivity index (χ3v) is 5.96. The molecule has 2 aromatic rings. The van der Waals surface area contributed by atoms with Gasteiger partial charge in [0.25, 0.3) is 5.91 Å². The van der Waals surface area contributed by atoms with Crippen LogP contribution < -0.4 is 4.90 Å². The minimum Gasteiger partial charge on any atom is -0.349 e. The van der Waals surface area contributed by atoms with Gasteiger partial charge in [0.1, 0.15) is 6.54 Å². The Kier molecular flexibility index (Phi) is 5.12. The molecule has 0 N–H and O–H groups in total. The zero-order valence-electron chi connectivity index (χ0n) is 16.2. The summed E-state index contributed by atoms with van der Waals surface area (Å²) < 4.78 is 0. The zero-order valence-corrected chi connectivity index (χ0v) is 17.7. The van der Waals surface area contributed by atoms with Gasteiger partial charge in [-0.1, -0.05) is 35.3 Å². The van der Waals surface area contributed by atoms with Crippen molar-refractivity contribution >= 4 is 40.8 Å². The molecule has 2 aliphatic rings. The number of nitrogens with zero attached hydrogens (tertiary/aromatic N) is 5. The van der Waals surface area contributed by atoms with Crippen molar-refractivity contribution in [3.63, 3.8) is 0 Å². The Labute approximate surface area is 179 Å². The molecule has 2 amide bonds. The van der Waals surface area contributed by atoms with Gasteiger partial charge in [0.05, 0.1) is 13.1 Å². The van der Waals surface area contributed by atoms with E-state index in [-0.39, 0.29) is 24.4 Å². The highest BCUT2D eigenvalue weighted by Gasteiger charge is 2.60. The largest absolute Gasteiger partial charge is 0.349 e. The van der Waals surface area contributed by atoms with Gasteiger partial charge in [-0.2, -0.15) is 0 Å². The van der Waals surface area contributed by atoms with Crippen molar-refractivity contribution in [3.05, 3.63) is 52.1 Å². The lowest BCUT2D eigenvalue weighted by atomic mass is 9.83. The number of amides is 2. The lowest BCUT2D eigenvalue weighted by Crippen LogP contribution is -2.81. The zero-order chi connectivity index (χ0) is 20.8. The smallest absolute Gasteiger partial charge is 0.252 e. The van der Waals surface area contributed by atoms with Gasteiger partial charge in [-0.3, -0.25) is 9.59 Å². The van der Waals surface area contributed by atoms with E-state index in [1.54, 1.807) is 34.1 Å². The first-order valence-corrected chi connectivity index (χ1v) is 10.2. The second-order valence-electron chi connectivity index (χ2n) is 7.74. The van der Waals surface area contributed by atoms with Gasteiger partial charge in [-0.25, -0.2) is 0 Å². The van der Waals surface area contributed by atoms with Crippen LogP contribution in [-0.2, 0) is 16.1 Å². The molecular weight excluding hydrogens is 413 g/mol. The Bertz CT molecular complexity index is 927. The van der Waals surface area contributed by atoms with E-state index in [1.807, 2.05) is 30.9 Å². The van der Waals surface area contributed by atoms with Crippen LogP contribution in [0.3, 0.4) is 0 Å². The number of benzene rings is 1. The fourth-order valence-electron chi connectivity index (χ4n) is 3.88. The fraction of sp³-hybridized carbons (Fsp3) is 0.400. The highest BCUT2D eigenvalue weighted by atomic mass is 35.5. The summed E-state index contributed by atoms with van der Waals surface area (Å²) in [6.07, 6.45) is 0. The van der Waals surface area contributed by atoms with Crippen molar-refractivity contribution < 1.29 is 9.59 Å². The summed E-state index contributed by atoms with van der Waals surface area (Å²) >= 11 is 11.8. The molecule has 0 aliphatic carbocycles. The molecule has 29 heavy (non-hydrogen) atoms. The molecular formula is C20H21Cl2N5O2. The molecule has 1 spiro atoms. The van der Waals surface area contributed by atoms with Crippen LogP contribution in [0.5, 0.6) is 0 Å². The molecule has 0 unspecified atom stereocenters. The maximum Gasteiger partial charge on any atom is 0.252 e. The van der Waals surface area contributed by atoms with Crippen LogP contribution >= 0.6 is 23.2 Å². The summed E-state index contributed by atoms with van der Waals surface area (Å²) in [4.78, 5) is 31.8. The molecule has 0 atom stereocenters. The predicted molar refractivity (Wildman–Crippen MR) is 111 cm³/mol. The second kappa shape index (κ2) is 7.46. The van der Waals surface area contributed by atoms with E-state index in [0.717, 1.165) is 5.56 Å². The van der Waals surface area contributed by atoms with Crippen LogP contribution in [0.1, 0.15) is 19.4 Å². The topological polar surface area (TPSA) is 69.6 Å². The highest BCUT2D eigenvalue weighted by Crippen LogP contribution is 2.37. The lowest BCUT2D eigenvalue weighted by Gasteiger charge is -2.58. The standard InChI is InChI=1S/C20H21Cl2N5O2/c1-13(2)26-10-18(28)27(9-14-3-5-15(21)6-4-14)20(19(26)29)11-25(12-20)17-8-7-16(22)23-24-17/h3-8,13H,9-12H2,1-2H3. The molecule has 7 nitrogen and oxygen atoms in total. The van der Waals surface area contributed by atoms with Gasteiger partial charge < -0.3 is 14.7 Å². The number of halogens is 2. The van der Waals surface area contributed by atoms with Crippen molar-refractivity contribution in [2.75, 3.05) is 24.5 Å². The number of rotatable bonds is 4. The van der Waals surface area contributed by atoms with Gasteiger partial charge in [0, 0.05) is 17.6 Å². The van der Waals surface area contributed by atoms with Crippen LogP contribution in [0.25, 0.3) is 0 Å². The van der Waals surface area contributed by atoms with Gasteiger partial charge in [0.15, 0.2) is 16.5 Å². The predicted octanol–water partition coefficient (Wildman–Crippen LogP) is 2.62. The number of hydrogen-bond acceptors (Lipinski definition) is 5. The molecule has 152 valence electrons. The van der Waals surface area contributed by atoms with Crippen molar-refractivity contribution in [2.24, 2.45) is 0 Å². The van der Waals surface area contributed by atoms with Gasteiger partial charge >= 0.3 is 0 Å². The van der Waals surface area contributed by atoms with Crippen LogP contribution in [0.4, 0.5) is 5.82 Å².